The van der Waals surface area contributed by atoms with Crippen LogP contribution in [0, 0.1) is 6.92 Å². The molecule has 0 atom stereocenters. The molecule has 0 N–H and O–H groups in total. The fraction of sp³-hybridized carbons (Fsp3) is 0.500. The molecular formula is C22H29N3O. The fourth-order valence-electron chi connectivity index (χ4n) is 4.18. The first-order valence-electron chi connectivity index (χ1n) is 9.74. The number of aromatic nitrogens is 1. The van der Waals surface area contributed by atoms with Crippen LogP contribution in [-0.2, 0) is 17.8 Å². The Morgan fingerprint density at radius 2 is 1.54 bits per heavy atom. The molecule has 1 aromatic heterocycles. The maximum Gasteiger partial charge on any atom is 0.0833 e. The van der Waals surface area contributed by atoms with Crippen LogP contribution in [0.5, 0.6) is 0 Å². The largest absolute Gasteiger partial charge is 0.372 e. The lowest BCUT2D eigenvalue weighted by Crippen LogP contribution is -2.56. The van der Waals surface area contributed by atoms with Crippen LogP contribution in [0.15, 0.2) is 48.8 Å². The average Bonchev–Trinajstić information content (AvgIpc) is 2.67. The highest BCUT2D eigenvalue weighted by Gasteiger charge is 2.39. The van der Waals surface area contributed by atoms with Gasteiger partial charge in [0.15, 0.2) is 0 Å². The van der Waals surface area contributed by atoms with Gasteiger partial charge in [-0.2, -0.15) is 0 Å². The molecule has 4 rings (SSSR count). The van der Waals surface area contributed by atoms with Gasteiger partial charge >= 0.3 is 0 Å². The van der Waals surface area contributed by atoms with Gasteiger partial charge in [0.1, 0.15) is 0 Å². The normalized spacial score (nSPS) is 21.1. The van der Waals surface area contributed by atoms with Gasteiger partial charge in [0.2, 0.25) is 0 Å². The maximum atomic E-state index is 6.31. The number of ether oxygens (including phenoxy) is 1. The van der Waals surface area contributed by atoms with Crippen molar-refractivity contribution in [1.29, 1.82) is 0 Å². The third-order valence-electron chi connectivity index (χ3n) is 5.78. The first-order chi connectivity index (χ1) is 12.7. The fourth-order valence-corrected chi connectivity index (χ4v) is 4.18. The Labute approximate surface area is 156 Å². The zero-order valence-corrected chi connectivity index (χ0v) is 15.7. The van der Waals surface area contributed by atoms with Crippen molar-refractivity contribution in [1.82, 2.24) is 14.8 Å². The molecule has 0 bridgehead atoms. The molecule has 2 fully saturated rings. The molecule has 2 aromatic rings. The van der Waals surface area contributed by atoms with Crippen LogP contribution in [0.1, 0.15) is 29.5 Å². The minimum absolute atomic E-state index is 0.0533. The standard InChI is InChI=1S/C22H29N3O/c1-19-2-4-20(5-3-19)17-25-14-15-26-22(18-25)8-12-24(13-9-22)16-21-6-10-23-11-7-21/h2-7,10-11H,8-9,12-18H2,1H3. The van der Waals surface area contributed by atoms with E-state index >= 15 is 0 Å². The van der Waals surface area contributed by atoms with Crippen molar-refractivity contribution >= 4 is 0 Å². The first-order valence-corrected chi connectivity index (χ1v) is 9.74. The Bertz CT molecular complexity index is 693. The van der Waals surface area contributed by atoms with Crippen LogP contribution < -0.4 is 0 Å². The summed E-state index contributed by atoms with van der Waals surface area (Å²) in [4.78, 5) is 9.23. The van der Waals surface area contributed by atoms with E-state index in [0.29, 0.717) is 0 Å². The predicted molar refractivity (Wildman–Crippen MR) is 104 cm³/mol. The van der Waals surface area contributed by atoms with Gasteiger partial charge in [-0.05, 0) is 43.0 Å². The monoisotopic (exact) mass is 351 g/mol. The molecule has 4 heteroatoms. The van der Waals surface area contributed by atoms with E-state index in [2.05, 4.69) is 58.1 Å². The summed E-state index contributed by atoms with van der Waals surface area (Å²) in [6.07, 6.45) is 6.02. The van der Waals surface area contributed by atoms with E-state index in [1.807, 2.05) is 12.4 Å². The highest BCUT2D eigenvalue weighted by Crippen LogP contribution is 2.31. The van der Waals surface area contributed by atoms with Crippen molar-refractivity contribution in [3.05, 3.63) is 65.5 Å². The van der Waals surface area contributed by atoms with E-state index in [4.69, 9.17) is 4.74 Å². The number of nitrogens with zero attached hydrogens (tertiary/aromatic N) is 3. The van der Waals surface area contributed by atoms with Crippen LogP contribution in [0.4, 0.5) is 0 Å². The summed E-state index contributed by atoms with van der Waals surface area (Å²) in [5, 5.41) is 0. The van der Waals surface area contributed by atoms with Gasteiger partial charge in [-0.1, -0.05) is 29.8 Å². The van der Waals surface area contributed by atoms with Crippen molar-refractivity contribution in [2.45, 2.75) is 38.5 Å². The number of aryl methyl sites for hydroxylation is 1. The number of rotatable bonds is 4. The Hall–Kier alpha value is -1.75. The third kappa shape index (κ3) is 4.32. The van der Waals surface area contributed by atoms with Gasteiger partial charge in [-0.25, -0.2) is 0 Å². The van der Waals surface area contributed by atoms with Crippen LogP contribution in [0.3, 0.4) is 0 Å². The van der Waals surface area contributed by atoms with E-state index in [1.54, 1.807) is 0 Å². The van der Waals surface area contributed by atoms with E-state index < -0.39 is 0 Å². The molecule has 2 aliphatic rings. The van der Waals surface area contributed by atoms with Gasteiger partial charge in [0, 0.05) is 51.7 Å². The Kier molecular flexibility index (Phi) is 5.34. The molecule has 0 unspecified atom stereocenters. The van der Waals surface area contributed by atoms with Crippen molar-refractivity contribution in [3.8, 4) is 0 Å². The highest BCUT2D eigenvalue weighted by atomic mass is 16.5. The van der Waals surface area contributed by atoms with Crippen LogP contribution in [0.25, 0.3) is 0 Å². The molecule has 26 heavy (non-hydrogen) atoms. The second-order valence-corrected chi connectivity index (χ2v) is 7.86. The molecular weight excluding hydrogens is 322 g/mol. The SMILES string of the molecule is Cc1ccc(CN2CCOC3(CCN(Cc4ccncc4)CC3)C2)cc1. The van der Waals surface area contributed by atoms with E-state index in [1.165, 1.54) is 16.7 Å². The summed E-state index contributed by atoms with van der Waals surface area (Å²) in [6.45, 7) is 9.38. The first kappa shape index (κ1) is 17.7. The number of benzene rings is 1. The molecule has 138 valence electrons. The van der Waals surface area contributed by atoms with Gasteiger partial charge in [-0.15, -0.1) is 0 Å². The molecule has 1 spiro atoms. The van der Waals surface area contributed by atoms with Crippen LogP contribution in [-0.4, -0.2) is 53.2 Å². The van der Waals surface area contributed by atoms with Crippen LogP contribution in [0.2, 0.25) is 0 Å². The minimum Gasteiger partial charge on any atom is -0.372 e. The Balaban J connectivity index is 1.32. The van der Waals surface area contributed by atoms with Gasteiger partial charge in [0.25, 0.3) is 0 Å². The highest BCUT2D eigenvalue weighted by molar-refractivity contribution is 5.21. The summed E-state index contributed by atoms with van der Waals surface area (Å²) in [6, 6.07) is 13.2. The number of pyridine rings is 1. The second kappa shape index (κ2) is 7.87. The van der Waals surface area contributed by atoms with Crippen molar-refractivity contribution in [2.24, 2.45) is 0 Å². The zero-order chi connectivity index (χ0) is 17.8. The molecule has 4 nitrogen and oxygen atoms in total. The minimum atomic E-state index is 0.0533. The van der Waals surface area contributed by atoms with E-state index in [-0.39, 0.29) is 5.60 Å². The van der Waals surface area contributed by atoms with Crippen LogP contribution >= 0.6 is 0 Å². The van der Waals surface area contributed by atoms with Crippen molar-refractivity contribution < 1.29 is 4.74 Å². The molecule has 2 saturated heterocycles. The lowest BCUT2D eigenvalue weighted by Gasteiger charge is -2.47. The zero-order valence-electron chi connectivity index (χ0n) is 15.7. The summed E-state index contributed by atoms with van der Waals surface area (Å²) in [5.74, 6) is 0. The lowest BCUT2D eigenvalue weighted by atomic mass is 9.89. The third-order valence-corrected chi connectivity index (χ3v) is 5.78. The number of hydrogen-bond acceptors (Lipinski definition) is 4. The molecule has 1 aromatic carbocycles. The Morgan fingerprint density at radius 1 is 0.885 bits per heavy atom. The molecule has 2 aliphatic heterocycles. The Morgan fingerprint density at radius 3 is 2.27 bits per heavy atom. The summed E-state index contributed by atoms with van der Waals surface area (Å²) in [5.41, 5.74) is 4.13. The van der Waals surface area contributed by atoms with Crippen molar-refractivity contribution in [3.63, 3.8) is 0 Å². The molecule has 3 heterocycles. The van der Waals surface area contributed by atoms with Gasteiger partial charge < -0.3 is 4.74 Å². The van der Waals surface area contributed by atoms with Gasteiger partial charge in [-0.3, -0.25) is 14.8 Å². The molecule has 0 radical (unpaired) electrons. The summed E-state index contributed by atoms with van der Waals surface area (Å²) in [7, 11) is 0. The lowest BCUT2D eigenvalue weighted by molar-refractivity contribution is -0.138. The topological polar surface area (TPSA) is 28.6 Å². The molecule has 0 saturated carbocycles. The summed E-state index contributed by atoms with van der Waals surface area (Å²) >= 11 is 0. The second-order valence-electron chi connectivity index (χ2n) is 7.86. The maximum absolute atomic E-state index is 6.31. The molecule has 0 aliphatic carbocycles. The molecule has 0 amide bonds. The van der Waals surface area contributed by atoms with Crippen molar-refractivity contribution in [2.75, 3.05) is 32.8 Å². The number of hydrogen-bond donors (Lipinski definition) is 0. The number of piperidine rings is 1. The van der Waals surface area contributed by atoms with E-state index in [9.17, 15) is 0 Å². The summed E-state index contributed by atoms with van der Waals surface area (Å²) < 4.78 is 6.31. The predicted octanol–water partition coefficient (Wildman–Crippen LogP) is 3.26. The quantitative estimate of drug-likeness (QED) is 0.845. The van der Waals surface area contributed by atoms with E-state index in [0.717, 1.165) is 58.7 Å². The number of likely N-dealkylation sites (tertiary alicyclic amines) is 1. The average molecular weight is 351 g/mol. The smallest absolute Gasteiger partial charge is 0.0833 e. The van der Waals surface area contributed by atoms with Gasteiger partial charge in [0.05, 0.1) is 12.2 Å². The number of morpholine rings is 1.